The molecular weight excluding hydrogens is 339 g/mol. The maximum Gasteiger partial charge on any atom is 1.00 e. The second-order valence-electron chi connectivity index (χ2n) is 3.52. The van der Waals surface area contributed by atoms with Gasteiger partial charge in [-0.3, -0.25) is 4.72 Å². The Kier molecular flexibility index (Phi) is 5.54. The first kappa shape index (κ1) is 17.5. The van der Waals surface area contributed by atoms with Crippen molar-refractivity contribution in [3.63, 3.8) is 0 Å². The van der Waals surface area contributed by atoms with Crippen molar-refractivity contribution in [2.45, 2.75) is 4.90 Å². The van der Waals surface area contributed by atoms with E-state index >= 15 is 0 Å². The van der Waals surface area contributed by atoms with Crippen LogP contribution in [0.2, 0.25) is 0 Å². The van der Waals surface area contributed by atoms with Gasteiger partial charge in [0.1, 0.15) is 15.1 Å². The molecule has 0 spiro atoms. The van der Waals surface area contributed by atoms with E-state index in [2.05, 4.69) is 9.10 Å². The predicted octanol–water partition coefficient (Wildman–Crippen LogP) is -2.42. The summed E-state index contributed by atoms with van der Waals surface area (Å²) < 4.78 is 60.8. The minimum absolute atomic E-state index is 0. The molecule has 1 N–H and O–H groups in total. The van der Waals surface area contributed by atoms with E-state index in [0.717, 1.165) is 29.9 Å². The molecule has 0 bridgehead atoms. The Morgan fingerprint density at radius 2 is 1.89 bits per heavy atom. The second-order valence-corrected chi connectivity index (χ2v) is 7.42. The van der Waals surface area contributed by atoms with Gasteiger partial charge in [-0.2, -0.15) is 4.37 Å². The Balaban J connectivity index is 0.00000180. The SMILES string of the molecule is CS(=O)(=O)Nc1snc2cc(S(=O)(=O)[O-])ccc12.[K+]. The summed E-state index contributed by atoms with van der Waals surface area (Å²) in [6.45, 7) is 0. The molecule has 2 rings (SSSR count). The van der Waals surface area contributed by atoms with Gasteiger partial charge in [-0.05, 0) is 29.7 Å². The van der Waals surface area contributed by atoms with Gasteiger partial charge in [-0.1, -0.05) is 0 Å². The van der Waals surface area contributed by atoms with E-state index in [9.17, 15) is 21.4 Å². The van der Waals surface area contributed by atoms with E-state index in [1.807, 2.05) is 0 Å². The quantitative estimate of drug-likeness (QED) is 0.488. The molecule has 98 valence electrons. The fraction of sp³-hybridized carbons (Fsp3) is 0.125. The molecule has 0 fully saturated rings. The van der Waals surface area contributed by atoms with Crippen molar-refractivity contribution in [1.82, 2.24) is 4.37 Å². The third kappa shape index (κ3) is 4.44. The molecule has 0 aliphatic heterocycles. The summed E-state index contributed by atoms with van der Waals surface area (Å²) in [7, 11) is -7.98. The van der Waals surface area contributed by atoms with Crippen molar-refractivity contribution in [3.05, 3.63) is 18.2 Å². The first-order valence-electron chi connectivity index (χ1n) is 4.50. The molecule has 11 heteroatoms. The molecule has 0 saturated heterocycles. The molecule has 0 atom stereocenters. The largest absolute Gasteiger partial charge is 1.00 e. The second kappa shape index (κ2) is 6.03. The molecule has 19 heavy (non-hydrogen) atoms. The predicted molar refractivity (Wildman–Crippen MR) is 66.0 cm³/mol. The number of benzene rings is 1. The number of anilines is 1. The fourth-order valence-electron chi connectivity index (χ4n) is 1.32. The van der Waals surface area contributed by atoms with Crippen LogP contribution < -0.4 is 56.1 Å². The van der Waals surface area contributed by atoms with Gasteiger partial charge in [0.15, 0.2) is 0 Å². The number of fused-ring (bicyclic) bond motifs is 1. The molecule has 1 heterocycles. The molecule has 0 aliphatic carbocycles. The van der Waals surface area contributed by atoms with Crippen LogP contribution in [0.1, 0.15) is 0 Å². The summed E-state index contributed by atoms with van der Waals surface area (Å²) in [5, 5.41) is 0.722. The van der Waals surface area contributed by atoms with Gasteiger partial charge < -0.3 is 4.55 Å². The van der Waals surface area contributed by atoms with Crippen LogP contribution in [0.3, 0.4) is 0 Å². The Morgan fingerprint density at radius 1 is 1.26 bits per heavy atom. The third-order valence-corrected chi connectivity index (χ3v) is 4.34. The topological polar surface area (TPSA) is 116 Å². The summed E-state index contributed by atoms with van der Waals surface area (Å²) in [4.78, 5) is -0.397. The molecule has 0 unspecified atom stereocenters. The molecule has 0 radical (unpaired) electrons. The summed E-state index contributed by atoms with van der Waals surface area (Å²) in [5.74, 6) is 0. The molecule has 2 aromatic rings. The third-order valence-electron chi connectivity index (χ3n) is 2.02. The van der Waals surface area contributed by atoms with E-state index in [1.165, 1.54) is 6.07 Å². The van der Waals surface area contributed by atoms with Crippen molar-refractivity contribution >= 4 is 47.6 Å². The molecular formula is C8H7KN2O5S3. The van der Waals surface area contributed by atoms with E-state index in [-0.39, 0.29) is 61.9 Å². The van der Waals surface area contributed by atoms with Crippen LogP contribution in [0.5, 0.6) is 0 Å². The summed E-state index contributed by atoms with van der Waals surface area (Å²) in [6.07, 6.45) is 0.995. The maximum absolute atomic E-state index is 11.1. The van der Waals surface area contributed by atoms with Crippen LogP contribution in [0.25, 0.3) is 10.9 Å². The van der Waals surface area contributed by atoms with Crippen LogP contribution >= 0.6 is 11.5 Å². The zero-order valence-corrected chi connectivity index (χ0v) is 15.5. The number of nitrogens with one attached hydrogen (secondary N) is 1. The van der Waals surface area contributed by atoms with Crippen molar-refractivity contribution < 1.29 is 72.8 Å². The van der Waals surface area contributed by atoms with Gasteiger partial charge in [-0.25, -0.2) is 16.8 Å². The van der Waals surface area contributed by atoms with Crippen LogP contribution in [0.15, 0.2) is 23.1 Å². The monoisotopic (exact) mass is 346 g/mol. The Labute approximate surface area is 156 Å². The number of nitrogens with zero attached hydrogens (tertiary/aromatic N) is 1. The maximum atomic E-state index is 11.1. The van der Waals surface area contributed by atoms with E-state index < -0.39 is 25.0 Å². The molecule has 1 aromatic heterocycles. The summed E-state index contributed by atoms with van der Waals surface area (Å²) in [6, 6.07) is 3.57. The van der Waals surface area contributed by atoms with Crippen molar-refractivity contribution in [3.8, 4) is 0 Å². The first-order chi connectivity index (χ1) is 8.17. The van der Waals surface area contributed by atoms with Gasteiger partial charge in [0.05, 0.1) is 16.7 Å². The molecule has 7 nitrogen and oxygen atoms in total. The number of hydrogen-bond acceptors (Lipinski definition) is 7. The van der Waals surface area contributed by atoms with Gasteiger partial charge >= 0.3 is 51.4 Å². The molecule has 0 amide bonds. The average molecular weight is 346 g/mol. The number of rotatable bonds is 3. The molecule has 0 saturated carbocycles. The van der Waals surface area contributed by atoms with Crippen molar-refractivity contribution in [1.29, 1.82) is 0 Å². The van der Waals surface area contributed by atoms with Gasteiger partial charge in [-0.15, -0.1) is 0 Å². The number of hydrogen-bond donors (Lipinski definition) is 1. The minimum Gasteiger partial charge on any atom is -0.744 e. The number of sulfonamides is 1. The Bertz CT molecular complexity index is 812. The van der Waals surface area contributed by atoms with E-state index in [1.54, 1.807) is 0 Å². The van der Waals surface area contributed by atoms with Gasteiger partial charge in [0.2, 0.25) is 10.0 Å². The first-order valence-corrected chi connectivity index (χ1v) is 8.57. The normalized spacial score (nSPS) is 12.1. The smallest absolute Gasteiger partial charge is 0.744 e. The number of aromatic nitrogens is 1. The standard InChI is InChI=1S/C8H8N2O5S3.K/c1-17(11,12)10-8-6-3-2-5(18(13,14)15)4-7(6)9-16-8;/h2-4,10H,1H3,(H,13,14,15);/q;+1/p-1. The van der Waals surface area contributed by atoms with Gasteiger partial charge in [0.25, 0.3) is 0 Å². The Morgan fingerprint density at radius 3 is 2.42 bits per heavy atom. The summed E-state index contributed by atoms with van der Waals surface area (Å²) in [5.41, 5.74) is 0.253. The summed E-state index contributed by atoms with van der Waals surface area (Å²) >= 11 is 0.872. The van der Waals surface area contributed by atoms with Crippen LogP contribution in [-0.4, -0.2) is 32.0 Å². The fourth-order valence-corrected chi connectivity index (χ4v) is 3.47. The van der Waals surface area contributed by atoms with E-state index in [0.29, 0.717) is 5.39 Å². The zero-order chi connectivity index (χ0) is 13.6. The van der Waals surface area contributed by atoms with Gasteiger partial charge in [0, 0.05) is 5.39 Å². The molecule has 0 aliphatic rings. The average Bonchev–Trinajstić information content (AvgIpc) is 2.57. The van der Waals surface area contributed by atoms with Crippen LogP contribution in [0.4, 0.5) is 5.00 Å². The van der Waals surface area contributed by atoms with E-state index in [4.69, 9.17) is 0 Å². The van der Waals surface area contributed by atoms with Crippen LogP contribution in [0, 0.1) is 0 Å². The van der Waals surface area contributed by atoms with Crippen molar-refractivity contribution in [2.24, 2.45) is 0 Å². The van der Waals surface area contributed by atoms with Crippen LogP contribution in [-0.2, 0) is 20.1 Å². The minimum atomic E-state index is -4.54. The van der Waals surface area contributed by atoms with Crippen molar-refractivity contribution in [2.75, 3.05) is 11.0 Å². The molecule has 1 aromatic carbocycles. The Hall–Kier alpha value is 0.406. The zero-order valence-electron chi connectivity index (χ0n) is 9.95.